The van der Waals surface area contributed by atoms with Gasteiger partial charge in [0.15, 0.2) is 0 Å². The third kappa shape index (κ3) is 3.69. The summed E-state index contributed by atoms with van der Waals surface area (Å²) in [6.07, 6.45) is 2.37. The normalized spacial score (nSPS) is 10.3. The van der Waals surface area contributed by atoms with Crippen LogP contribution in [0.3, 0.4) is 0 Å². The Kier molecular flexibility index (Phi) is 4.35. The maximum atomic E-state index is 11.7. The number of thiophene rings is 1. The molecule has 19 heavy (non-hydrogen) atoms. The first-order valence-electron chi connectivity index (χ1n) is 5.83. The summed E-state index contributed by atoms with van der Waals surface area (Å²) < 4.78 is 1.42. The number of carboxylic acid groups (broad SMARTS) is 1. The van der Waals surface area contributed by atoms with Gasteiger partial charge in [0.1, 0.15) is 12.2 Å². The number of hydrogen-bond donors (Lipinski definition) is 2. The van der Waals surface area contributed by atoms with Crippen LogP contribution in [-0.2, 0) is 17.8 Å². The van der Waals surface area contributed by atoms with Gasteiger partial charge in [0.2, 0.25) is 5.91 Å². The molecule has 2 heterocycles. The molecular weight excluding hydrogens is 264 g/mol. The smallest absolute Gasteiger partial charge is 0.352 e. The second-order valence-electron chi connectivity index (χ2n) is 4.06. The lowest BCUT2D eigenvalue weighted by molar-refractivity contribution is -0.121. The topological polar surface area (TPSA) is 71.3 Å². The zero-order chi connectivity index (χ0) is 13.7. The van der Waals surface area contributed by atoms with E-state index in [1.54, 1.807) is 23.6 Å². The molecule has 0 spiro atoms. The van der Waals surface area contributed by atoms with E-state index in [1.807, 2.05) is 16.8 Å². The predicted molar refractivity (Wildman–Crippen MR) is 72.4 cm³/mol. The second kappa shape index (κ2) is 6.19. The Morgan fingerprint density at radius 1 is 1.37 bits per heavy atom. The van der Waals surface area contributed by atoms with Crippen LogP contribution in [0.2, 0.25) is 0 Å². The Balaban J connectivity index is 1.81. The Bertz CT molecular complexity index is 560. The Morgan fingerprint density at radius 2 is 2.21 bits per heavy atom. The monoisotopic (exact) mass is 278 g/mol. The van der Waals surface area contributed by atoms with Crippen LogP contribution in [0.1, 0.15) is 16.1 Å². The summed E-state index contributed by atoms with van der Waals surface area (Å²) in [5.41, 5.74) is 1.31. The minimum atomic E-state index is -1.03. The van der Waals surface area contributed by atoms with Gasteiger partial charge < -0.3 is 15.0 Å². The molecule has 0 fully saturated rings. The number of amides is 1. The minimum absolute atomic E-state index is 0.0261. The van der Waals surface area contributed by atoms with Crippen molar-refractivity contribution in [1.29, 1.82) is 0 Å². The number of nitrogens with one attached hydrogen (secondary N) is 1. The summed E-state index contributed by atoms with van der Waals surface area (Å²) >= 11 is 1.63. The van der Waals surface area contributed by atoms with Gasteiger partial charge in [-0.3, -0.25) is 4.79 Å². The van der Waals surface area contributed by atoms with Crippen molar-refractivity contribution in [3.05, 3.63) is 46.4 Å². The number of hydrogen-bond acceptors (Lipinski definition) is 3. The van der Waals surface area contributed by atoms with E-state index in [9.17, 15) is 9.59 Å². The fourth-order valence-corrected chi connectivity index (χ4v) is 2.44. The van der Waals surface area contributed by atoms with Crippen molar-refractivity contribution in [2.45, 2.75) is 13.0 Å². The molecule has 100 valence electrons. The molecule has 0 radical (unpaired) electrons. The first kappa shape index (κ1) is 13.4. The summed E-state index contributed by atoms with van der Waals surface area (Å²) in [5.74, 6) is -1.22. The Labute approximate surface area is 114 Å². The molecule has 1 amide bonds. The molecule has 0 bridgehead atoms. The van der Waals surface area contributed by atoms with E-state index < -0.39 is 5.97 Å². The molecule has 5 nitrogen and oxygen atoms in total. The zero-order valence-electron chi connectivity index (χ0n) is 10.2. The van der Waals surface area contributed by atoms with E-state index >= 15 is 0 Å². The van der Waals surface area contributed by atoms with Crippen molar-refractivity contribution in [2.24, 2.45) is 0 Å². The summed E-state index contributed by atoms with van der Waals surface area (Å²) in [7, 11) is 0. The summed E-state index contributed by atoms with van der Waals surface area (Å²) in [6, 6.07) is 5.11. The van der Waals surface area contributed by atoms with Crippen LogP contribution in [-0.4, -0.2) is 28.1 Å². The van der Waals surface area contributed by atoms with Crippen LogP contribution < -0.4 is 5.32 Å². The van der Waals surface area contributed by atoms with Gasteiger partial charge >= 0.3 is 5.97 Å². The average molecular weight is 278 g/mol. The standard InChI is InChI=1S/C13H14N2O3S/c16-12(14-5-3-10-4-7-19-9-10)8-15-6-1-2-11(15)13(17)18/h1-2,4,6-7,9H,3,5,8H2,(H,14,16)(H,17,18). The lowest BCUT2D eigenvalue weighted by atomic mass is 10.2. The van der Waals surface area contributed by atoms with Crippen molar-refractivity contribution < 1.29 is 14.7 Å². The van der Waals surface area contributed by atoms with Crippen LogP contribution >= 0.6 is 11.3 Å². The van der Waals surface area contributed by atoms with E-state index in [0.717, 1.165) is 6.42 Å². The molecule has 0 unspecified atom stereocenters. The molecule has 6 heteroatoms. The quantitative estimate of drug-likeness (QED) is 0.843. The SMILES string of the molecule is O=C(Cn1cccc1C(=O)O)NCCc1ccsc1. The third-order valence-electron chi connectivity index (χ3n) is 2.68. The highest BCUT2D eigenvalue weighted by molar-refractivity contribution is 7.07. The molecule has 2 N–H and O–H groups in total. The molecule has 0 saturated carbocycles. The molecule has 0 atom stereocenters. The van der Waals surface area contributed by atoms with E-state index in [1.165, 1.54) is 16.2 Å². The van der Waals surface area contributed by atoms with Gasteiger partial charge in [0.05, 0.1) is 0 Å². The number of aromatic nitrogens is 1. The number of aromatic carboxylic acids is 1. The van der Waals surface area contributed by atoms with Gasteiger partial charge in [0, 0.05) is 12.7 Å². The molecule has 0 aliphatic heterocycles. The molecule has 2 aromatic heterocycles. The maximum Gasteiger partial charge on any atom is 0.352 e. The van der Waals surface area contributed by atoms with Crippen LogP contribution in [0.15, 0.2) is 35.2 Å². The highest BCUT2D eigenvalue weighted by Gasteiger charge is 2.11. The predicted octanol–water partition coefficient (Wildman–Crippen LogP) is 1.61. The van der Waals surface area contributed by atoms with Gasteiger partial charge in [0.25, 0.3) is 0 Å². The van der Waals surface area contributed by atoms with Crippen molar-refractivity contribution in [3.8, 4) is 0 Å². The van der Waals surface area contributed by atoms with Crippen molar-refractivity contribution in [1.82, 2.24) is 9.88 Å². The summed E-state index contributed by atoms with van der Waals surface area (Å²) in [6.45, 7) is 0.581. The van der Waals surface area contributed by atoms with Gasteiger partial charge in [-0.25, -0.2) is 4.79 Å². The van der Waals surface area contributed by atoms with Crippen LogP contribution in [0.4, 0.5) is 0 Å². The first-order chi connectivity index (χ1) is 9.16. The van der Waals surface area contributed by atoms with Gasteiger partial charge in [-0.15, -0.1) is 0 Å². The van der Waals surface area contributed by atoms with E-state index in [2.05, 4.69) is 5.32 Å². The summed E-state index contributed by atoms with van der Waals surface area (Å²) in [5, 5.41) is 15.7. The van der Waals surface area contributed by atoms with E-state index in [0.29, 0.717) is 6.54 Å². The van der Waals surface area contributed by atoms with Gasteiger partial charge in [-0.2, -0.15) is 11.3 Å². The van der Waals surface area contributed by atoms with Crippen molar-refractivity contribution >= 4 is 23.2 Å². The Hall–Kier alpha value is -2.08. The summed E-state index contributed by atoms with van der Waals surface area (Å²) in [4.78, 5) is 22.6. The molecule has 2 aromatic rings. The first-order valence-corrected chi connectivity index (χ1v) is 6.77. The Morgan fingerprint density at radius 3 is 2.89 bits per heavy atom. The molecule has 0 saturated heterocycles. The highest BCUT2D eigenvalue weighted by atomic mass is 32.1. The molecule has 0 aliphatic rings. The second-order valence-corrected chi connectivity index (χ2v) is 4.84. The van der Waals surface area contributed by atoms with Crippen LogP contribution in [0.25, 0.3) is 0 Å². The fourth-order valence-electron chi connectivity index (χ4n) is 1.74. The van der Waals surface area contributed by atoms with Crippen molar-refractivity contribution in [3.63, 3.8) is 0 Å². The lowest BCUT2D eigenvalue weighted by Gasteiger charge is -2.07. The van der Waals surface area contributed by atoms with E-state index in [-0.39, 0.29) is 18.1 Å². The average Bonchev–Trinajstić information content (AvgIpc) is 2.99. The largest absolute Gasteiger partial charge is 0.477 e. The van der Waals surface area contributed by atoms with Gasteiger partial charge in [-0.1, -0.05) is 0 Å². The number of rotatable bonds is 6. The maximum absolute atomic E-state index is 11.7. The molecule has 0 aromatic carbocycles. The molecule has 2 rings (SSSR count). The number of carbonyl (C=O) groups is 2. The van der Waals surface area contributed by atoms with Crippen LogP contribution in [0, 0.1) is 0 Å². The van der Waals surface area contributed by atoms with Crippen molar-refractivity contribution in [2.75, 3.05) is 6.54 Å². The third-order valence-corrected chi connectivity index (χ3v) is 3.41. The van der Waals surface area contributed by atoms with Crippen LogP contribution in [0.5, 0.6) is 0 Å². The number of nitrogens with zero attached hydrogens (tertiary/aromatic N) is 1. The number of carboxylic acids is 1. The number of carbonyl (C=O) groups excluding carboxylic acids is 1. The highest BCUT2D eigenvalue weighted by Crippen LogP contribution is 2.06. The lowest BCUT2D eigenvalue weighted by Crippen LogP contribution is -2.30. The molecular formula is C13H14N2O3S. The molecule has 0 aliphatic carbocycles. The minimum Gasteiger partial charge on any atom is -0.477 e. The fraction of sp³-hybridized carbons (Fsp3) is 0.231. The zero-order valence-corrected chi connectivity index (χ0v) is 11.0. The van der Waals surface area contributed by atoms with E-state index in [4.69, 9.17) is 5.11 Å². The van der Waals surface area contributed by atoms with Gasteiger partial charge in [-0.05, 0) is 40.9 Å².